The van der Waals surface area contributed by atoms with Crippen molar-refractivity contribution in [1.29, 1.82) is 0 Å². The van der Waals surface area contributed by atoms with Crippen LogP contribution in [0.25, 0.3) is 21.8 Å². The Morgan fingerprint density at radius 2 is 1.83 bits per heavy atom. The number of para-hydroxylation sites is 2. The van der Waals surface area contributed by atoms with E-state index in [2.05, 4.69) is 70.5 Å². The van der Waals surface area contributed by atoms with Crippen LogP contribution in [0.3, 0.4) is 0 Å². The van der Waals surface area contributed by atoms with Gasteiger partial charge in [-0.1, -0.05) is 54.6 Å². The molecule has 1 amide bonds. The predicted octanol–water partition coefficient (Wildman–Crippen LogP) is 3.93. The molecule has 5 nitrogen and oxygen atoms in total. The van der Waals surface area contributed by atoms with Crippen LogP contribution in [0.15, 0.2) is 66.7 Å². The lowest BCUT2D eigenvalue weighted by molar-refractivity contribution is -0.124. The molecular formula is C24H25N3O2. The van der Waals surface area contributed by atoms with Crippen LogP contribution in [0.5, 0.6) is 0 Å². The Morgan fingerprint density at radius 1 is 1.03 bits per heavy atom. The molecular weight excluding hydrogens is 362 g/mol. The summed E-state index contributed by atoms with van der Waals surface area (Å²) in [6, 6.07) is 23.2. The van der Waals surface area contributed by atoms with Crippen LogP contribution in [0.2, 0.25) is 0 Å². The Balaban J connectivity index is 1.59. The van der Waals surface area contributed by atoms with Gasteiger partial charge in [-0.15, -0.1) is 0 Å². The minimum Gasteiger partial charge on any atom is -0.375 e. The maximum Gasteiger partial charge on any atom is 0.245 e. The Labute approximate surface area is 170 Å². The fraction of sp³-hybridized carbons (Fsp3) is 0.250. The number of carbonyl (C=O) groups is 1. The lowest BCUT2D eigenvalue weighted by atomic mass is 10.0. The van der Waals surface area contributed by atoms with Crippen molar-refractivity contribution in [2.75, 3.05) is 20.3 Å². The van der Waals surface area contributed by atoms with Crippen molar-refractivity contribution >= 4 is 27.7 Å². The second-order valence-corrected chi connectivity index (χ2v) is 7.13. The molecule has 1 aromatic heterocycles. The third kappa shape index (κ3) is 4.30. The van der Waals surface area contributed by atoms with E-state index in [1.165, 1.54) is 23.4 Å². The van der Waals surface area contributed by atoms with E-state index in [9.17, 15) is 4.79 Å². The van der Waals surface area contributed by atoms with E-state index >= 15 is 0 Å². The molecule has 3 aromatic carbocycles. The van der Waals surface area contributed by atoms with Gasteiger partial charge in [0.25, 0.3) is 0 Å². The zero-order valence-corrected chi connectivity index (χ0v) is 16.6. The van der Waals surface area contributed by atoms with Crippen LogP contribution >= 0.6 is 0 Å². The van der Waals surface area contributed by atoms with Crippen molar-refractivity contribution in [2.24, 2.45) is 0 Å². The molecule has 0 bridgehead atoms. The Hall–Kier alpha value is -3.18. The van der Waals surface area contributed by atoms with Crippen molar-refractivity contribution < 1.29 is 9.53 Å². The van der Waals surface area contributed by atoms with E-state index < -0.39 is 0 Å². The Bertz CT molecular complexity index is 1130. The van der Waals surface area contributed by atoms with Crippen LogP contribution in [0.1, 0.15) is 17.8 Å². The molecule has 148 valence electrons. The summed E-state index contributed by atoms with van der Waals surface area (Å²) in [4.78, 5) is 16.4. The molecule has 0 aliphatic carbocycles. The molecule has 4 rings (SSSR count). The van der Waals surface area contributed by atoms with Gasteiger partial charge in [0, 0.05) is 26.6 Å². The van der Waals surface area contributed by atoms with Crippen molar-refractivity contribution in [3.8, 4) is 0 Å². The summed E-state index contributed by atoms with van der Waals surface area (Å²) in [7, 11) is 1.52. The first-order valence-electron chi connectivity index (χ1n) is 9.92. The van der Waals surface area contributed by atoms with E-state index in [0.29, 0.717) is 6.54 Å². The standard InChI is InChI=1S/C24H25N3O2/c1-29-17-24(28)25-15-7-14-23-26-21-12-4-5-13-22(21)27(23)16-19-10-6-9-18-8-2-3-11-20(18)19/h2-6,8-13H,7,14-17H2,1H3,(H,25,28). The summed E-state index contributed by atoms with van der Waals surface area (Å²) in [6.07, 6.45) is 1.63. The number of carbonyl (C=O) groups excluding carboxylic acids is 1. The molecule has 1 N–H and O–H groups in total. The predicted molar refractivity (Wildman–Crippen MR) is 116 cm³/mol. The Morgan fingerprint density at radius 3 is 2.72 bits per heavy atom. The number of benzene rings is 3. The quantitative estimate of drug-likeness (QED) is 0.466. The highest BCUT2D eigenvalue weighted by Crippen LogP contribution is 2.23. The number of nitrogens with zero attached hydrogens (tertiary/aromatic N) is 2. The number of imidazole rings is 1. The molecule has 0 aliphatic rings. The molecule has 5 heteroatoms. The fourth-order valence-electron chi connectivity index (χ4n) is 3.75. The van der Waals surface area contributed by atoms with E-state index in [4.69, 9.17) is 9.72 Å². The van der Waals surface area contributed by atoms with Crippen molar-refractivity contribution in [3.63, 3.8) is 0 Å². The molecule has 0 saturated heterocycles. The number of methoxy groups -OCH3 is 1. The highest BCUT2D eigenvalue weighted by molar-refractivity contribution is 5.86. The lowest BCUT2D eigenvalue weighted by Gasteiger charge is -2.12. The van der Waals surface area contributed by atoms with Gasteiger partial charge in [0.2, 0.25) is 5.91 Å². The minimum atomic E-state index is -0.0863. The zero-order valence-electron chi connectivity index (χ0n) is 16.6. The third-order valence-corrected chi connectivity index (χ3v) is 5.12. The maximum atomic E-state index is 11.6. The number of aryl methyl sites for hydroxylation is 1. The number of hydrogen-bond acceptors (Lipinski definition) is 3. The monoisotopic (exact) mass is 387 g/mol. The lowest BCUT2D eigenvalue weighted by Crippen LogP contribution is -2.28. The number of ether oxygens (including phenoxy) is 1. The first-order valence-corrected chi connectivity index (χ1v) is 9.92. The summed E-state index contributed by atoms with van der Waals surface area (Å²) in [5, 5.41) is 5.40. The van der Waals surface area contributed by atoms with Crippen molar-refractivity contribution in [1.82, 2.24) is 14.9 Å². The van der Waals surface area contributed by atoms with Crippen molar-refractivity contribution in [2.45, 2.75) is 19.4 Å². The summed E-state index contributed by atoms with van der Waals surface area (Å²) in [5.41, 5.74) is 3.42. The second kappa shape index (κ2) is 8.88. The van der Waals surface area contributed by atoms with Gasteiger partial charge in [-0.2, -0.15) is 0 Å². The van der Waals surface area contributed by atoms with Gasteiger partial charge in [-0.3, -0.25) is 4.79 Å². The van der Waals surface area contributed by atoms with Crippen LogP contribution in [0.4, 0.5) is 0 Å². The van der Waals surface area contributed by atoms with Gasteiger partial charge < -0.3 is 14.6 Å². The number of hydrogen-bond donors (Lipinski definition) is 1. The van der Waals surface area contributed by atoms with Crippen LogP contribution in [-0.2, 0) is 22.5 Å². The number of nitrogens with one attached hydrogen (secondary N) is 1. The molecule has 0 radical (unpaired) electrons. The van der Waals surface area contributed by atoms with E-state index in [0.717, 1.165) is 36.2 Å². The number of fused-ring (bicyclic) bond motifs is 2. The summed E-state index contributed by atoms with van der Waals surface area (Å²) in [6.45, 7) is 1.48. The smallest absolute Gasteiger partial charge is 0.245 e. The molecule has 0 unspecified atom stereocenters. The normalized spacial score (nSPS) is 11.2. The molecule has 4 aromatic rings. The number of amides is 1. The Kier molecular flexibility index (Phi) is 5.86. The van der Waals surface area contributed by atoms with Gasteiger partial charge in [0.1, 0.15) is 12.4 Å². The maximum absolute atomic E-state index is 11.6. The van der Waals surface area contributed by atoms with E-state index in [-0.39, 0.29) is 12.5 Å². The first-order chi connectivity index (χ1) is 14.3. The SMILES string of the molecule is COCC(=O)NCCCc1nc2ccccc2n1Cc1cccc2ccccc12. The number of aromatic nitrogens is 2. The molecule has 0 saturated carbocycles. The minimum absolute atomic E-state index is 0.0863. The van der Waals surface area contributed by atoms with E-state index in [1.54, 1.807) is 0 Å². The summed E-state index contributed by atoms with van der Waals surface area (Å²) < 4.78 is 7.15. The summed E-state index contributed by atoms with van der Waals surface area (Å²) >= 11 is 0. The zero-order chi connectivity index (χ0) is 20.1. The van der Waals surface area contributed by atoms with Crippen LogP contribution in [0, 0.1) is 0 Å². The summed E-state index contributed by atoms with van der Waals surface area (Å²) in [5.74, 6) is 0.955. The molecule has 0 fully saturated rings. The van der Waals surface area contributed by atoms with Gasteiger partial charge in [-0.05, 0) is 34.9 Å². The van der Waals surface area contributed by atoms with Gasteiger partial charge in [-0.25, -0.2) is 4.98 Å². The highest BCUT2D eigenvalue weighted by atomic mass is 16.5. The number of rotatable bonds is 8. The van der Waals surface area contributed by atoms with Crippen molar-refractivity contribution in [3.05, 3.63) is 78.1 Å². The second-order valence-electron chi connectivity index (χ2n) is 7.13. The molecule has 0 spiro atoms. The largest absolute Gasteiger partial charge is 0.375 e. The first kappa shape index (κ1) is 19.2. The average Bonchev–Trinajstić information content (AvgIpc) is 3.09. The van der Waals surface area contributed by atoms with Crippen LogP contribution < -0.4 is 5.32 Å². The van der Waals surface area contributed by atoms with Gasteiger partial charge in [0.05, 0.1) is 11.0 Å². The highest BCUT2D eigenvalue weighted by Gasteiger charge is 2.12. The topological polar surface area (TPSA) is 56.1 Å². The van der Waals surface area contributed by atoms with E-state index in [1.807, 2.05) is 6.07 Å². The molecule has 1 heterocycles. The molecule has 29 heavy (non-hydrogen) atoms. The average molecular weight is 387 g/mol. The molecule has 0 aliphatic heterocycles. The molecule has 0 atom stereocenters. The van der Waals surface area contributed by atoms with Crippen LogP contribution in [-0.4, -0.2) is 35.7 Å². The van der Waals surface area contributed by atoms with Gasteiger partial charge in [0.15, 0.2) is 0 Å². The third-order valence-electron chi connectivity index (χ3n) is 5.12. The van der Waals surface area contributed by atoms with Gasteiger partial charge >= 0.3 is 0 Å². The fourth-order valence-corrected chi connectivity index (χ4v) is 3.75.